The van der Waals surface area contributed by atoms with Gasteiger partial charge < -0.3 is 10.2 Å². The van der Waals surface area contributed by atoms with Crippen LogP contribution in [0.25, 0.3) is 0 Å². The second-order valence-electron chi connectivity index (χ2n) is 6.38. The lowest BCUT2D eigenvalue weighted by Gasteiger charge is -2.29. The number of carbonyl (C=O) groups excluding carboxylic acids is 2. The predicted octanol–water partition coefficient (Wildman–Crippen LogP) is 3.85. The molecule has 2 rings (SSSR count). The summed E-state index contributed by atoms with van der Waals surface area (Å²) in [6.07, 6.45) is 0.276. The molecule has 1 atom stereocenters. The van der Waals surface area contributed by atoms with E-state index in [-0.39, 0.29) is 18.2 Å². The van der Waals surface area contributed by atoms with Crippen molar-refractivity contribution in [3.05, 3.63) is 69.7 Å². The molecule has 5 heteroatoms. The number of hydrogen-bond acceptors (Lipinski definition) is 2. The van der Waals surface area contributed by atoms with Gasteiger partial charge in [-0.25, -0.2) is 0 Å². The molecule has 0 aliphatic rings. The van der Waals surface area contributed by atoms with Gasteiger partial charge >= 0.3 is 0 Å². The number of benzene rings is 2. The van der Waals surface area contributed by atoms with Crippen LogP contribution in [0.5, 0.6) is 0 Å². The molecule has 1 unspecified atom stereocenters. The summed E-state index contributed by atoms with van der Waals surface area (Å²) in [6, 6.07) is 15.2. The van der Waals surface area contributed by atoms with Gasteiger partial charge in [0, 0.05) is 17.6 Å². The van der Waals surface area contributed by atoms with Gasteiger partial charge in [-0.15, -0.1) is 0 Å². The SMILES string of the molecule is CCNC(=O)C(C)N(Cc1cccc(Br)c1)C(=O)Cc1ccc(C)cc1. The lowest BCUT2D eigenvalue weighted by atomic mass is 10.1. The lowest BCUT2D eigenvalue weighted by Crippen LogP contribution is -2.48. The Bertz CT molecular complexity index is 759. The van der Waals surface area contributed by atoms with E-state index in [1.54, 1.807) is 11.8 Å². The van der Waals surface area contributed by atoms with Crippen LogP contribution >= 0.6 is 15.9 Å². The summed E-state index contributed by atoms with van der Waals surface area (Å²) in [5.74, 6) is -0.202. The van der Waals surface area contributed by atoms with Crippen LogP contribution in [0.3, 0.4) is 0 Å². The molecule has 138 valence electrons. The second-order valence-corrected chi connectivity index (χ2v) is 7.30. The number of aryl methyl sites for hydroxylation is 1. The number of carbonyl (C=O) groups is 2. The zero-order valence-electron chi connectivity index (χ0n) is 15.5. The summed E-state index contributed by atoms with van der Waals surface area (Å²) in [6.45, 7) is 6.60. The third-order valence-corrected chi connectivity index (χ3v) is 4.73. The summed E-state index contributed by atoms with van der Waals surface area (Å²) in [4.78, 5) is 26.9. The maximum absolute atomic E-state index is 13.0. The van der Waals surface area contributed by atoms with E-state index in [1.165, 1.54) is 0 Å². The zero-order chi connectivity index (χ0) is 19.1. The highest BCUT2D eigenvalue weighted by atomic mass is 79.9. The molecule has 2 aromatic carbocycles. The van der Waals surface area contributed by atoms with E-state index in [4.69, 9.17) is 0 Å². The molecular weight excluding hydrogens is 392 g/mol. The van der Waals surface area contributed by atoms with Crippen molar-refractivity contribution in [2.45, 2.75) is 39.8 Å². The third kappa shape index (κ3) is 5.70. The number of rotatable bonds is 7. The van der Waals surface area contributed by atoms with Gasteiger partial charge in [-0.2, -0.15) is 0 Å². The molecule has 26 heavy (non-hydrogen) atoms. The first kappa shape index (κ1) is 20.2. The minimum Gasteiger partial charge on any atom is -0.355 e. The van der Waals surface area contributed by atoms with Crippen molar-refractivity contribution in [2.75, 3.05) is 6.54 Å². The highest BCUT2D eigenvalue weighted by Crippen LogP contribution is 2.16. The largest absolute Gasteiger partial charge is 0.355 e. The Morgan fingerprint density at radius 2 is 1.81 bits per heavy atom. The van der Waals surface area contributed by atoms with Crippen molar-refractivity contribution in [1.29, 1.82) is 0 Å². The van der Waals surface area contributed by atoms with Crippen molar-refractivity contribution in [2.24, 2.45) is 0 Å². The summed E-state index contributed by atoms with van der Waals surface area (Å²) in [7, 11) is 0. The molecule has 0 bridgehead atoms. The fourth-order valence-electron chi connectivity index (χ4n) is 2.72. The van der Waals surface area contributed by atoms with Crippen molar-refractivity contribution in [1.82, 2.24) is 10.2 Å². The lowest BCUT2D eigenvalue weighted by molar-refractivity contribution is -0.140. The average Bonchev–Trinajstić information content (AvgIpc) is 2.61. The van der Waals surface area contributed by atoms with Crippen molar-refractivity contribution < 1.29 is 9.59 Å². The Balaban J connectivity index is 2.21. The van der Waals surface area contributed by atoms with E-state index in [2.05, 4.69) is 21.2 Å². The molecule has 0 aromatic heterocycles. The first-order chi connectivity index (χ1) is 12.4. The highest BCUT2D eigenvalue weighted by Gasteiger charge is 2.25. The summed E-state index contributed by atoms with van der Waals surface area (Å²) in [5, 5.41) is 2.81. The average molecular weight is 417 g/mol. The quantitative estimate of drug-likeness (QED) is 0.744. The standard InChI is InChI=1S/C21H25BrN2O2/c1-4-23-21(26)16(3)24(14-18-6-5-7-19(22)12-18)20(25)13-17-10-8-15(2)9-11-17/h5-12,16H,4,13-14H2,1-3H3,(H,23,26). The molecule has 0 aliphatic heterocycles. The fraction of sp³-hybridized carbons (Fsp3) is 0.333. The van der Waals surface area contributed by atoms with Crippen LogP contribution in [0.2, 0.25) is 0 Å². The molecule has 1 N–H and O–H groups in total. The summed E-state index contributed by atoms with van der Waals surface area (Å²) >= 11 is 3.46. The van der Waals surface area contributed by atoms with Gasteiger partial charge in [-0.3, -0.25) is 9.59 Å². The van der Waals surface area contributed by atoms with Crippen LogP contribution in [0.4, 0.5) is 0 Å². The van der Waals surface area contributed by atoms with Gasteiger partial charge in [0.1, 0.15) is 6.04 Å². The van der Waals surface area contributed by atoms with Gasteiger partial charge in [-0.1, -0.05) is 57.9 Å². The van der Waals surface area contributed by atoms with Gasteiger partial charge in [0.25, 0.3) is 0 Å². The number of nitrogens with one attached hydrogen (secondary N) is 1. The molecule has 0 heterocycles. The molecule has 2 amide bonds. The number of amides is 2. The molecule has 4 nitrogen and oxygen atoms in total. The van der Waals surface area contributed by atoms with Gasteiger partial charge in [-0.05, 0) is 44.0 Å². The van der Waals surface area contributed by atoms with Crippen molar-refractivity contribution in [3.63, 3.8) is 0 Å². The van der Waals surface area contributed by atoms with Gasteiger partial charge in [0.05, 0.1) is 6.42 Å². The van der Waals surface area contributed by atoms with Crippen LogP contribution < -0.4 is 5.32 Å². The smallest absolute Gasteiger partial charge is 0.242 e. The first-order valence-electron chi connectivity index (χ1n) is 8.78. The minimum atomic E-state index is -0.535. The Labute approximate surface area is 163 Å². The van der Waals surface area contributed by atoms with Crippen molar-refractivity contribution in [3.8, 4) is 0 Å². The molecule has 0 spiro atoms. The number of likely N-dealkylation sites (N-methyl/N-ethyl adjacent to an activating group) is 1. The Morgan fingerprint density at radius 1 is 1.12 bits per heavy atom. The van der Waals surface area contributed by atoms with E-state index in [9.17, 15) is 9.59 Å². The van der Waals surface area contributed by atoms with E-state index >= 15 is 0 Å². The van der Waals surface area contributed by atoms with Crippen LogP contribution in [-0.4, -0.2) is 29.3 Å². The first-order valence-corrected chi connectivity index (χ1v) is 9.57. The topological polar surface area (TPSA) is 49.4 Å². The summed E-state index contributed by atoms with van der Waals surface area (Å²) < 4.78 is 0.951. The maximum Gasteiger partial charge on any atom is 0.242 e. The molecule has 0 aliphatic carbocycles. The van der Waals surface area contributed by atoms with E-state index in [0.29, 0.717) is 13.1 Å². The molecule has 0 radical (unpaired) electrons. The maximum atomic E-state index is 13.0. The number of nitrogens with zero attached hydrogens (tertiary/aromatic N) is 1. The molecule has 0 saturated carbocycles. The van der Waals surface area contributed by atoms with Gasteiger partial charge in [0.2, 0.25) is 11.8 Å². The Kier molecular flexibility index (Phi) is 7.39. The fourth-order valence-corrected chi connectivity index (χ4v) is 3.17. The second kappa shape index (κ2) is 9.53. The zero-order valence-corrected chi connectivity index (χ0v) is 17.0. The number of halogens is 1. The van der Waals surface area contributed by atoms with Crippen molar-refractivity contribution >= 4 is 27.7 Å². The normalized spacial score (nSPS) is 11.7. The Morgan fingerprint density at radius 3 is 2.42 bits per heavy atom. The molecule has 0 saturated heterocycles. The monoisotopic (exact) mass is 416 g/mol. The number of hydrogen-bond donors (Lipinski definition) is 1. The molecule has 0 fully saturated rings. The van der Waals surface area contributed by atoms with Crippen LogP contribution in [0.15, 0.2) is 53.0 Å². The minimum absolute atomic E-state index is 0.0624. The van der Waals surface area contributed by atoms with E-state index < -0.39 is 6.04 Å². The van der Waals surface area contributed by atoms with Gasteiger partial charge in [0.15, 0.2) is 0 Å². The predicted molar refractivity (Wildman–Crippen MR) is 108 cm³/mol. The van der Waals surface area contributed by atoms with Crippen LogP contribution in [0, 0.1) is 6.92 Å². The van der Waals surface area contributed by atoms with Crippen LogP contribution in [0.1, 0.15) is 30.5 Å². The Hall–Kier alpha value is -2.14. The van der Waals surface area contributed by atoms with E-state index in [1.807, 2.05) is 62.4 Å². The van der Waals surface area contributed by atoms with Crippen LogP contribution in [-0.2, 0) is 22.6 Å². The highest BCUT2D eigenvalue weighted by molar-refractivity contribution is 9.10. The molecular formula is C21H25BrN2O2. The molecule has 2 aromatic rings. The third-order valence-electron chi connectivity index (χ3n) is 4.24. The van der Waals surface area contributed by atoms with E-state index in [0.717, 1.165) is 21.2 Å². The summed E-state index contributed by atoms with van der Waals surface area (Å²) in [5.41, 5.74) is 3.08.